The highest BCUT2D eigenvalue weighted by Crippen LogP contribution is 2.28. The third kappa shape index (κ3) is 2.57. The van der Waals surface area contributed by atoms with Crippen molar-refractivity contribution < 1.29 is 9.53 Å². The maximum absolute atomic E-state index is 11.3. The molecule has 0 radical (unpaired) electrons. The van der Waals surface area contributed by atoms with Crippen LogP contribution in [0.5, 0.6) is 0 Å². The highest BCUT2D eigenvalue weighted by Gasteiger charge is 2.15. The quantitative estimate of drug-likeness (QED) is 0.633. The number of hydrogen-bond donors (Lipinski definition) is 0. The number of methoxy groups -OCH3 is 1. The Kier molecular flexibility index (Phi) is 3.52. The number of pyridine rings is 1. The highest BCUT2D eigenvalue weighted by atomic mass is 32.2. The Balaban J connectivity index is 1.92. The zero-order valence-corrected chi connectivity index (χ0v) is 12.1. The van der Waals surface area contributed by atoms with E-state index in [-0.39, 0.29) is 6.54 Å². The lowest BCUT2D eigenvalue weighted by molar-refractivity contribution is -0.141. The molecule has 0 spiro atoms. The van der Waals surface area contributed by atoms with E-state index >= 15 is 0 Å². The number of tetrazole rings is 1. The van der Waals surface area contributed by atoms with E-state index in [2.05, 4.69) is 30.2 Å². The monoisotopic (exact) mass is 305 g/mol. The number of aromatic nitrogens is 7. The van der Waals surface area contributed by atoms with E-state index < -0.39 is 5.97 Å². The first-order valence-electron chi connectivity index (χ1n) is 5.96. The van der Waals surface area contributed by atoms with Crippen LogP contribution < -0.4 is 0 Å². The number of rotatable bonds is 4. The van der Waals surface area contributed by atoms with E-state index in [1.54, 1.807) is 12.5 Å². The number of carbonyl (C=O) groups excluding carboxylic acids is 1. The van der Waals surface area contributed by atoms with Crippen LogP contribution in [0.3, 0.4) is 0 Å². The van der Waals surface area contributed by atoms with Gasteiger partial charge in [-0.2, -0.15) is 0 Å². The van der Waals surface area contributed by atoms with Gasteiger partial charge >= 0.3 is 5.97 Å². The molecule has 3 aromatic rings. The summed E-state index contributed by atoms with van der Waals surface area (Å²) < 4.78 is 7.87. The molecule has 108 valence electrons. The number of esters is 1. The van der Waals surface area contributed by atoms with Crippen molar-refractivity contribution in [1.82, 2.24) is 34.7 Å². The highest BCUT2D eigenvalue weighted by molar-refractivity contribution is 7.99. The molecule has 0 saturated carbocycles. The Hall–Kier alpha value is -2.49. The minimum absolute atomic E-state index is 0.0516. The molecule has 3 rings (SSSR count). The van der Waals surface area contributed by atoms with Gasteiger partial charge in [-0.15, -0.1) is 5.10 Å². The Morgan fingerprint density at radius 2 is 2.29 bits per heavy atom. The van der Waals surface area contributed by atoms with Gasteiger partial charge in [0.1, 0.15) is 17.1 Å². The van der Waals surface area contributed by atoms with Gasteiger partial charge in [-0.25, -0.2) is 14.6 Å². The Morgan fingerprint density at radius 3 is 3.10 bits per heavy atom. The summed E-state index contributed by atoms with van der Waals surface area (Å²) in [4.78, 5) is 19.9. The molecule has 21 heavy (non-hydrogen) atoms. The molecule has 3 heterocycles. The summed E-state index contributed by atoms with van der Waals surface area (Å²) in [5, 5.41) is 12.4. The number of fused-ring (bicyclic) bond motifs is 1. The standard InChI is InChI=1S/C11H11N7O2S/c1-17-6-13-9-7(17)3-4-12-10(9)21-11-14-15-16-18(11)5-8(19)20-2/h3-4,6H,5H2,1-2H3. The summed E-state index contributed by atoms with van der Waals surface area (Å²) in [6.45, 7) is -0.0516. The van der Waals surface area contributed by atoms with Crippen LogP contribution in [0.25, 0.3) is 11.0 Å². The van der Waals surface area contributed by atoms with E-state index in [0.717, 1.165) is 11.0 Å². The van der Waals surface area contributed by atoms with Crippen molar-refractivity contribution >= 4 is 28.8 Å². The van der Waals surface area contributed by atoms with Crippen molar-refractivity contribution in [1.29, 1.82) is 0 Å². The zero-order valence-electron chi connectivity index (χ0n) is 11.3. The second-order valence-corrected chi connectivity index (χ2v) is 5.09. The molecule has 9 nitrogen and oxygen atoms in total. The molecule has 0 saturated heterocycles. The fourth-order valence-corrected chi connectivity index (χ4v) is 2.58. The van der Waals surface area contributed by atoms with Gasteiger partial charge in [0.25, 0.3) is 0 Å². The summed E-state index contributed by atoms with van der Waals surface area (Å²) in [6.07, 6.45) is 3.41. The largest absolute Gasteiger partial charge is 0.468 e. The van der Waals surface area contributed by atoms with Crippen LogP contribution in [-0.2, 0) is 23.1 Å². The minimum Gasteiger partial charge on any atom is -0.468 e. The first-order chi connectivity index (χ1) is 10.2. The van der Waals surface area contributed by atoms with Gasteiger partial charge < -0.3 is 9.30 Å². The summed E-state index contributed by atoms with van der Waals surface area (Å²) in [6, 6.07) is 1.88. The molecule has 0 aliphatic rings. The lowest BCUT2D eigenvalue weighted by Gasteiger charge is -2.03. The van der Waals surface area contributed by atoms with Crippen molar-refractivity contribution in [2.75, 3.05) is 7.11 Å². The van der Waals surface area contributed by atoms with Crippen LogP contribution in [0, 0.1) is 0 Å². The number of carbonyl (C=O) groups is 1. The van der Waals surface area contributed by atoms with E-state index in [9.17, 15) is 4.79 Å². The normalized spacial score (nSPS) is 11.0. The molecule has 0 amide bonds. The third-order valence-electron chi connectivity index (χ3n) is 2.80. The Labute approximate surface area is 123 Å². The second-order valence-electron chi connectivity index (χ2n) is 4.14. The van der Waals surface area contributed by atoms with Gasteiger partial charge in [0.2, 0.25) is 5.16 Å². The van der Waals surface area contributed by atoms with E-state index in [0.29, 0.717) is 10.2 Å². The fraction of sp³-hybridized carbons (Fsp3) is 0.273. The maximum Gasteiger partial charge on any atom is 0.327 e. The van der Waals surface area contributed by atoms with Gasteiger partial charge in [0, 0.05) is 13.2 Å². The zero-order chi connectivity index (χ0) is 14.8. The molecule has 3 aromatic heterocycles. The first-order valence-corrected chi connectivity index (χ1v) is 6.77. The molecule has 0 aliphatic heterocycles. The van der Waals surface area contributed by atoms with E-state index in [1.807, 2.05) is 17.7 Å². The smallest absolute Gasteiger partial charge is 0.327 e. The van der Waals surface area contributed by atoms with Crippen molar-refractivity contribution in [3.8, 4) is 0 Å². The number of nitrogens with zero attached hydrogens (tertiary/aromatic N) is 7. The van der Waals surface area contributed by atoms with Crippen molar-refractivity contribution in [2.45, 2.75) is 16.7 Å². The van der Waals surface area contributed by atoms with Gasteiger partial charge in [-0.1, -0.05) is 0 Å². The second kappa shape index (κ2) is 5.48. The lowest BCUT2D eigenvalue weighted by atomic mass is 10.4. The van der Waals surface area contributed by atoms with Crippen LogP contribution in [-0.4, -0.2) is 47.8 Å². The Bertz CT molecular complexity index is 797. The molecule has 0 aromatic carbocycles. The summed E-state index contributed by atoms with van der Waals surface area (Å²) in [5.41, 5.74) is 1.72. The molecule has 0 aliphatic carbocycles. The van der Waals surface area contributed by atoms with Crippen LogP contribution in [0.4, 0.5) is 0 Å². The van der Waals surface area contributed by atoms with E-state index in [4.69, 9.17) is 0 Å². The molecule has 10 heteroatoms. The molecular weight excluding hydrogens is 294 g/mol. The molecule has 0 N–H and O–H groups in total. The van der Waals surface area contributed by atoms with Crippen LogP contribution >= 0.6 is 11.8 Å². The van der Waals surface area contributed by atoms with Gasteiger partial charge in [-0.3, -0.25) is 4.79 Å². The van der Waals surface area contributed by atoms with Crippen LogP contribution in [0.15, 0.2) is 28.8 Å². The van der Waals surface area contributed by atoms with Crippen molar-refractivity contribution in [3.63, 3.8) is 0 Å². The molecule has 0 atom stereocenters. The number of ether oxygens (including phenoxy) is 1. The SMILES string of the molecule is COC(=O)Cn1nnnc1Sc1nccc2c1ncn2C. The van der Waals surface area contributed by atoms with Crippen molar-refractivity contribution in [2.24, 2.45) is 7.05 Å². The number of hydrogen-bond acceptors (Lipinski definition) is 8. The third-order valence-corrected chi connectivity index (χ3v) is 3.77. The molecule has 0 unspecified atom stereocenters. The predicted molar refractivity (Wildman–Crippen MR) is 72.5 cm³/mol. The molecule has 0 fully saturated rings. The van der Waals surface area contributed by atoms with E-state index in [1.165, 1.54) is 23.6 Å². The average molecular weight is 305 g/mol. The summed E-state index contributed by atoms with van der Waals surface area (Å²) >= 11 is 1.25. The Morgan fingerprint density at radius 1 is 1.43 bits per heavy atom. The number of imidazole rings is 1. The summed E-state index contributed by atoms with van der Waals surface area (Å²) in [5.74, 6) is -0.423. The van der Waals surface area contributed by atoms with Crippen molar-refractivity contribution in [3.05, 3.63) is 18.6 Å². The molecular formula is C11H11N7O2S. The molecule has 0 bridgehead atoms. The fourth-order valence-electron chi connectivity index (χ4n) is 1.75. The van der Waals surface area contributed by atoms with Crippen LogP contribution in [0.1, 0.15) is 0 Å². The predicted octanol–water partition coefficient (Wildman–Crippen LogP) is 0.279. The first kappa shape index (κ1) is 13.5. The lowest BCUT2D eigenvalue weighted by Crippen LogP contribution is -2.13. The minimum atomic E-state index is -0.423. The van der Waals surface area contributed by atoms with Gasteiger partial charge in [0.15, 0.2) is 0 Å². The van der Waals surface area contributed by atoms with Gasteiger partial charge in [0.05, 0.1) is 19.0 Å². The summed E-state index contributed by atoms with van der Waals surface area (Å²) in [7, 11) is 3.22. The maximum atomic E-state index is 11.3. The number of aryl methyl sites for hydroxylation is 1. The van der Waals surface area contributed by atoms with Gasteiger partial charge in [-0.05, 0) is 28.3 Å². The average Bonchev–Trinajstić information content (AvgIpc) is 3.07. The van der Waals surface area contributed by atoms with Crippen LogP contribution in [0.2, 0.25) is 0 Å². The topological polar surface area (TPSA) is 101 Å².